The summed E-state index contributed by atoms with van der Waals surface area (Å²) in [5.41, 5.74) is 3.73. The van der Waals surface area contributed by atoms with Crippen LogP contribution in [0.5, 0.6) is 0 Å². The van der Waals surface area contributed by atoms with Gasteiger partial charge in [-0.25, -0.2) is 18.2 Å². The van der Waals surface area contributed by atoms with Crippen molar-refractivity contribution >= 4 is 26.5 Å². The summed E-state index contributed by atoms with van der Waals surface area (Å²) >= 11 is 0. The Balaban J connectivity index is 0.000000640. The molecule has 0 amide bonds. The molecule has 0 saturated heterocycles. The van der Waals surface area contributed by atoms with Crippen molar-refractivity contribution in [2.75, 3.05) is 0 Å². The molecule has 0 radical (unpaired) electrons. The molecule has 198 valence electrons. The molecule has 2 fully saturated rings. The van der Waals surface area contributed by atoms with Gasteiger partial charge in [-0.15, -0.1) is 18.8 Å². The zero-order valence-corrected chi connectivity index (χ0v) is 26.6. The Morgan fingerprint density at radius 3 is 1.60 bits per heavy atom. The molecule has 2 aromatic carbocycles. The predicted molar refractivity (Wildman–Crippen MR) is 160 cm³/mol. The molecule has 4 rings (SSSR count). The molecule has 0 unspecified atom stereocenters. The first kappa shape index (κ1) is 31.3. The van der Waals surface area contributed by atoms with Crippen molar-refractivity contribution in [2.24, 2.45) is 0 Å². The third-order valence-electron chi connectivity index (χ3n) is 7.70. The number of rotatable bonds is 5. The fraction of sp³-hybridized carbons (Fsp3) is 0.688. The maximum absolute atomic E-state index is 2.61. The van der Waals surface area contributed by atoms with Gasteiger partial charge in [-0.05, 0) is 47.3 Å². The van der Waals surface area contributed by atoms with Crippen LogP contribution in [0, 0.1) is 0 Å². The molecule has 0 nitrogen and oxygen atoms in total. The fourth-order valence-electron chi connectivity index (χ4n) is 6.70. The van der Waals surface area contributed by atoms with Crippen LogP contribution in [-0.2, 0) is 23.5 Å². The quantitative estimate of drug-likeness (QED) is 0.196. The Labute approximate surface area is 231 Å². The monoisotopic (exact) mass is 554 g/mol. The summed E-state index contributed by atoms with van der Waals surface area (Å²) in [6, 6.07) is 15.2. The minimum absolute atomic E-state index is 0. The van der Waals surface area contributed by atoms with E-state index in [1.807, 2.05) is 40.9 Å². The van der Waals surface area contributed by atoms with E-state index in [2.05, 4.69) is 60.6 Å². The maximum atomic E-state index is 2.61. The van der Waals surface area contributed by atoms with Crippen LogP contribution in [0.15, 0.2) is 42.5 Å². The van der Waals surface area contributed by atoms with Crippen molar-refractivity contribution in [1.82, 2.24) is 0 Å². The second-order valence-corrected chi connectivity index (χ2v) is 19.1. The van der Waals surface area contributed by atoms with E-state index in [0.717, 1.165) is 11.3 Å². The van der Waals surface area contributed by atoms with Crippen molar-refractivity contribution in [1.29, 1.82) is 0 Å². The van der Waals surface area contributed by atoms with Crippen LogP contribution >= 0.6 is 15.8 Å². The first-order valence-corrected chi connectivity index (χ1v) is 17.0. The molecule has 0 heterocycles. The zero-order valence-electron chi connectivity index (χ0n) is 23.7. The van der Waals surface area contributed by atoms with Crippen molar-refractivity contribution < 1.29 is 17.1 Å². The molecule has 0 aromatic heterocycles. The van der Waals surface area contributed by atoms with Crippen molar-refractivity contribution in [3.8, 4) is 0 Å². The van der Waals surface area contributed by atoms with Crippen LogP contribution in [-0.4, -0.2) is 21.6 Å². The average Bonchev–Trinajstić information content (AvgIpc) is 3.48. The van der Waals surface area contributed by atoms with Gasteiger partial charge in [0.1, 0.15) is 0 Å². The van der Waals surface area contributed by atoms with E-state index in [1.165, 1.54) is 70.6 Å². The largest absolute Gasteiger partial charge is 2.00 e. The molecular weight excluding hydrogens is 502 g/mol. The second kappa shape index (κ2) is 14.3. The van der Waals surface area contributed by atoms with Gasteiger partial charge < -0.3 is 0 Å². The first-order valence-electron chi connectivity index (χ1n) is 14.2. The van der Waals surface area contributed by atoms with Crippen LogP contribution in [0.2, 0.25) is 0 Å². The molecule has 2 aliphatic carbocycles. The molecule has 35 heavy (non-hydrogen) atoms. The SMILES string of the molecule is CC[c-]1ccc(P(C(C)(C)C)C(C)(C)C)c1P(C1CCCCC1)C1CCCCC1.[Fe+2].c1cc[cH-]c1. The maximum Gasteiger partial charge on any atom is 2.00 e. The average molecular weight is 555 g/mol. The molecule has 2 saturated carbocycles. The van der Waals surface area contributed by atoms with Gasteiger partial charge in [-0.1, -0.05) is 101 Å². The Morgan fingerprint density at radius 1 is 0.800 bits per heavy atom. The van der Waals surface area contributed by atoms with E-state index in [-0.39, 0.29) is 32.9 Å². The molecule has 0 atom stereocenters. The van der Waals surface area contributed by atoms with Gasteiger partial charge in [0.15, 0.2) is 0 Å². The molecule has 0 N–H and O–H groups in total. The van der Waals surface area contributed by atoms with Crippen LogP contribution in [0.4, 0.5) is 0 Å². The standard InChI is InChI=1S/C27H47P2.C5H5.Fe/c1-8-21-19-20-24(29(26(2,3)4)27(5,6)7)25(21)28(22-15-11-9-12-16-22)23-17-13-10-14-18-23;1-2-4-5-3-1;/h19-20,22-23H,8-18H2,1-7H3;1-5H;/q2*-1;+2. The van der Waals surface area contributed by atoms with Crippen LogP contribution < -0.4 is 10.6 Å². The number of aryl methyl sites for hydroxylation is 1. The smallest absolute Gasteiger partial charge is 0.214 e. The summed E-state index contributed by atoms with van der Waals surface area (Å²) in [4.78, 5) is 0. The van der Waals surface area contributed by atoms with Gasteiger partial charge in [0.2, 0.25) is 0 Å². The van der Waals surface area contributed by atoms with Crippen LogP contribution in [0.25, 0.3) is 0 Å². The topological polar surface area (TPSA) is 0 Å². The summed E-state index contributed by atoms with van der Waals surface area (Å²) in [5.74, 6) is 0. The Bertz CT molecular complexity index is 760. The summed E-state index contributed by atoms with van der Waals surface area (Å²) in [6.07, 6.45) is 16.2. The second-order valence-electron chi connectivity index (χ2n) is 12.6. The first-order chi connectivity index (χ1) is 16.1. The van der Waals surface area contributed by atoms with E-state index >= 15 is 0 Å². The number of hydrogen-bond acceptors (Lipinski definition) is 0. The van der Waals surface area contributed by atoms with E-state index in [0.29, 0.717) is 10.3 Å². The molecule has 3 heteroatoms. The van der Waals surface area contributed by atoms with Crippen molar-refractivity contribution in [3.05, 3.63) is 48.0 Å². The molecule has 2 aliphatic rings. The van der Waals surface area contributed by atoms with Gasteiger partial charge >= 0.3 is 17.1 Å². The summed E-state index contributed by atoms with van der Waals surface area (Å²) in [6.45, 7) is 17.5. The van der Waals surface area contributed by atoms with Gasteiger partial charge in [-0.2, -0.15) is 29.6 Å². The molecule has 0 spiro atoms. The minimum atomic E-state index is -0.202. The van der Waals surface area contributed by atoms with Crippen LogP contribution in [0.3, 0.4) is 0 Å². The van der Waals surface area contributed by atoms with Crippen LogP contribution in [0.1, 0.15) is 118 Å². The molecule has 0 bridgehead atoms. The third-order valence-corrected chi connectivity index (χ3v) is 15.1. The van der Waals surface area contributed by atoms with E-state index < -0.39 is 0 Å². The Kier molecular flexibility index (Phi) is 12.8. The fourth-order valence-corrected chi connectivity index (χ4v) is 15.5. The van der Waals surface area contributed by atoms with Gasteiger partial charge in [0.05, 0.1) is 0 Å². The third kappa shape index (κ3) is 8.54. The van der Waals surface area contributed by atoms with Gasteiger partial charge in [-0.3, -0.25) is 0 Å². The zero-order chi connectivity index (χ0) is 24.8. The molecule has 0 aliphatic heterocycles. The Hall–Kier alpha value is 0.0795. The Morgan fingerprint density at radius 2 is 1.26 bits per heavy atom. The van der Waals surface area contributed by atoms with Gasteiger partial charge in [0, 0.05) is 0 Å². The number of hydrogen-bond donors (Lipinski definition) is 0. The van der Waals surface area contributed by atoms with E-state index in [4.69, 9.17) is 0 Å². The molecular formula is C32H52FeP2. The summed E-state index contributed by atoms with van der Waals surface area (Å²) in [5, 5.41) is 4.47. The summed E-state index contributed by atoms with van der Waals surface area (Å²) < 4.78 is 0. The van der Waals surface area contributed by atoms with Crippen molar-refractivity contribution in [2.45, 2.75) is 141 Å². The van der Waals surface area contributed by atoms with Gasteiger partial charge in [0.25, 0.3) is 0 Å². The minimum Gasteiger partial charge on any atom is -0.214 e. The normalized spacial score (nSPS) is 18.3. The summed E-state index contributed by atoms with van der Waals surface area (Å²) in [7, 11) is -0.215. The predicted octanol–water partition coefficient (Wildman–Crippen LogP) is 9.85. The molecule has 2 aromatic rings. The van der Waals surface area contributed by atoms with Crippen molar-refractivity contribution in [3.63, 3.8) is 0 Å². The van der Waals surface area contributed by atoms with E-state index in [1.54, 1.807) is 5.56 Å². The van der Waals surface area contributed by atoms with E-state index in [9.17, 15) is 0 Å².